The van der Waals surface area contributed by atoms with Gasteiger partial charge in [-0.1, -0.05) is 12.1 Å². The monoisotopic (exact) mass is 441 g/mol. The molecule has 5 nitrogen and oxygen atoms in total. The number of rotatable bonds is 5. The molecule has 29 heavy (non-hydrogen) atoms. The third kappa shape index (κ3) is 4.53. The lowest BCUT2D eigenvalue weighted by atomic mass is 9.53. The van der Waals surface area contributed by atoms with Crippen LogP contribution < -0.4 is 16.4 Å². The number of hydrogen-bond donors (Lipinski definition) is 3. The Morgan fingerprint density at radius 1 is 1.00 bits per heavy atom. The van der Waals surface area contributed by atoms with Crippen molar-refractivity contribution in [3.05, 3.63) is 24.3 Å². The van der Waals surface area contributed by atoms with Crippen molar-refractivity contribution < 1.29 is 9.53 Å². The van der Waals surface area contributed by atoms with Gasteiger partial charge in [-0.05, 0) is 81.3 Å². The van der Waals surface area contributed by atoms with Gasteiger partial charge in [0.25, 0.3) is 5.91 Å². The number of amides is 1. The van der Waals surface area contributed by atoms with E-state index in [0.29, 0.717) is 6.54 Å². The summed E-state index contributed by atoms with van der Waals surface area (Å²) in [6, 6.07) is 8.14. The summed E-state index contributed by atoms with van der Waals surface area (Å²) in [5.41, 5.74) is 7.83. The molecule has 162 valence electrons. The van der Waals surface area contributed by atoms with Gasteiger partial charge < -0.3 is 21.1 Å². The molecule has 0 radical (unpaired) electrons. The van der Waals surface area contributed by atoms with Crippen molar-refractivity contribution in [3.8, 4) is 0 Å². The van der Waals surface area contributed by atoms with Crippen LogP contribution in [0, 0.1) is 17.8 Å². The first kappa shape index (κ1) is 22.7. The van der Waals surface area contributed by atoms with E-state index in [1.807, 2.05) is 12.1 Å². The zero-order valence-corrected chi connectivity index (χ0v) is 18.4. The van der Waals surface area contributed by atoms with Crippen LogP contribution >= 0.6 is 24.8 Å². The number of para-hydroxylation sites is 2. The standard InChI is InChI=1S/C22H31N3O2.2ClH/c23-13-17-5-6-20(27-17)21(26)24-18-3-1-2-4-19(18)25-22-10-14-7-15(11-22)9-16(8-14)12-22;;/h1-4,14-17,20,25H,5-13,23H2,(H,24,26);2*1H/t14?,15?,16?,17-,20+,22?;;/m1../s1. The highest BCUT2D eigenvalue weighted by Crippen LogP contribution is 2.56. The van der Waals surface area contributed by atoms with E-state index < -0.39 is 0 Å². The van der Waals surface area contributed by atoms with E-state index in [2.05, 4.69) is 22.8 Å². The second kappa shape index (κ2) is 9.01. The first-order valence-corrected chi connectivity index (χ1v) is 10.7. The molecule has 4 N–H and O–H groups in total. The maximum absolute atomic E-state index is 12.7. The Kier molecular flexibility index (Phi) is 7.04. The van der Waals surface area contributed by atoms with Crippen molar-refractivity contribution in [3.63, 3.8) is 0 Å². The summed E-state index contributed by atoms with van der Waals surface area (Å²) in [6.07, 6.45) is 9.39. The van der Waals surface area contributed by atoms with E-state index in [9.17, 15) is 4.79 Å². The van der Waals surface area contributed by atoms with Crippen LogP contribution in [0.5, 0.6) is 0 Å². The van der Waals surface area contributed by atoms with Crippen LogP contribution in [0.3, 0.4) is 0 Å². The molecule has 0 unspecified atom stereocenters. The first-order valence-electron chi connectivity index (χ1n) is 10.7. The molecule has 1 amide bonds. The molecule has 2 atom stereocenters. The number of benzene rings is 1. The van der Waals surface area contributed by atoms with Crippen molar-refractivity contribution in [2.75, 3.05) is 17.2 Å². The topological polar surface area (TPSA) is 76.4 Å². The van der Waals surface area contributed by atoms with E-state index in [4.69, 9.17) is 10.5 Å². The predicted octanol–water partition coefficient (Wildman–Crippen LogP) is 4.36. The molecule has 1 saturated heterocycles. The van der Waals surface area contributed by atoms with Gasteiger partial charge in [0.2, 0.25) is 0 Å². The Hall–Kier alpha value is -1.01. The van der Waals surface area contributed by atoms with Crippen LogP contribution in [0.4, 0.5) is 11.4 Å². The second-order valence-corrected chi connectivity index (χ2v) is 9.42. The SMILES string of the molecule is Cl.Cl.NC[C@H]1CC[C@@H](C(=O)Nc2ccccc2NC23CC4CC(CC(C4)C2)C3)O1. The van der Waals surface area contributed by atoms with E-state index in [1.165, 1.54) is 38.5 Å². The Morgan fingerprint density at radius 3 is 2.14 bits per heavy atom. The fraction of sp³-hybridized carbons (Fsp3) is 0.682. The van der Waals surface area contributed by atoms with Gasteiger partial charge in [0.15, 0.2) is 0 Å². The molecule has 7 heteroatoms. The Balaban J connectivity index is 0.00000120. The second-order valence-electron chi connectivity index (χ2n) is 9.42. The van der Waals surface area contributed by atoms with Crippen molar-refractivity contribution in [1.82, 2.24) is 0 Å². The van der Waals surface area contributed by atoms with Gasteiger partial charge in [-0.3, -0.25) is 4.79 Å². The number of carbonyl (C=O) groups is 1. The molecule has 1 aromatic rings. The molecule has 4 aliphatic carbocycles. The lowest BCUT2D eigenvalue weighted by Gasteiger charge is -2.57. The fourth-order valence-electron chi connectivity index (χ4n) is 6.54. The van der Waals surface area contributed by atoms with Crippen LogP contribution in [0.15, 0.2) is 24.3 Å². The van der Waals surface area contributed by atoms with Crippen molar-refractivity contribution in [2.45, 2.75) is 69.1 Å². The van der Waals surface area contributed by atoms with Crippen molar-refractivity contribution in [2.24, 2.45) is 23.5 Å². The molecule has 4 bridgehead atoms. The van der Waals surface area contributed by atoms with Gasteiger partial charge in [-0.2, -0.15) is 0 Å². The molecular weight excluding hydrogens is 409 g/mol. The van der Waals surface area contributed by atoms with E-state index in [0.717, 1.165) is 42.0 Å². The Labute approximate surface area is 185 Å². The summed E-state index contributed by atoms with van der Waals surface area (Å²) in [4.78, 5) is 12.7. The maximum Gasteiger partial charge on any atom is 0.253 e. The predicted molar refractivity (Wildman–Crippen MR) is 121 cm³/mol. The number of anilines is 2. The average molecular weight is 442 g/mol. The molecule has 5 fully saturated rings. The molecule has 1 aliphatic heterocycles. The Morgan fingerprint density at radius 2 is 1.59 bits per heavy atom. The maximum atomic E-state index is 12.7. The first-order chi connectivity index (χ1) is 13.1. The van der Waals surface area contributed by atoms with Crippen LogP contribution in [-0.2, 0) is 9.53 Å². The minimum atomic E-state index is -0.383. The molecule has 4 saturated carbocycles. The zero-order valence-electron chi connectivity index (χ0n) is 16.8. The number of carbonyl (C=O) groups excluding carboxylic acids is 1. The number of nitrogens with two attached hydrogens (primary N) is 1. The zero-order chi connectivity index (χ0) is 18.4. The average Bonchev–Trinajstić information content (AvgIpc) is 3.11. The number of nitrogens with one attached hydrogen (secondary N) is 2. The van der Waals surface area contributed by atoms with E-state index in [-0.39, 0.29) is 48.5 Å². The fourth-order valence-corrected chi connectivity index (χ4v) is 6.54. The van der Waals surface area contributed by atoms with Crippen LogP contribution in [0.1, 0.15) is 51.4 Å². The molecular formula is C22H33Cl2N3O2. The van der Waals surface area contributed by atoms with Crippen LogP contribution in [0.25, 0.3) is 0 Å². The van der Waals surface area contributed by atoms with Crippen molar-refractivity contribution in [1.29, 1.82) is 0 Å². The third-order valence-electron chi connectivity index (χ3n) is 7.29. The van der Waals surface area contributed by atoms with Gasteiger partial charge in [-0.15, -0.1) is 24.8 Å². The normalized spacial score (nSPS) is 36.8. The van der Waals surface area contributed by atoms with Gasteiger partial charge in [0.05, 0.1) is 17.5 Å². The summed E-state index contributed by atoms with van der Waals surface area (Å²) in [5.74, 6) is 2.63. The minimum Gasteiger partial charge on any atom is -0.378 e. The largest absolute Gasteiger partial charge is 0.378 e. The summed E-state index contributed by atoms with van der Waals surface area (Å²) in [5, 5.41) is 7.01. The van der Waals surface area contributed by atoms with Crippen LogP contribution in [-0.4, -0.2) is 30.2 Å². The van der Waals surface area contributed by atoms with Gasteiger partial charge in [0.1, 0.15) is 6.10 Å². The Bertz CT molecular complexity index is 694. The van der Waals surface area contributed by atoms with Crippen LogP contribution in [0.2, 0.25) is 0 Å². The highest BCUT2D eigenvalue weighted by Gasteiger charge is 2.51. The summed E-state index contributed by atoms with van der Waals surface area (Å²) < 4.78 is 5.76. The quantitative estimate of drug-likeness (QED) is 0.634. The summed E-state index contributed by atoms with van der Waals surface area (Å²) >= 11 is 0. The van der Waals surface area contributed by atoms with Crippen molar-refractivity contribution >= 4 is 42.1 Å². The number of halogens is 2. The van der Waals surface area contributed by atoms with E-state index in [1.54, 1.807) is 0 Å². The lowest BCUT2D eigenvalue weighted by Crippen LogP contribution is -2.54. The van der Waals surface area contributed by atoms with E-state index >= 15 is 0 Å². The molecule has 1 heterocycles. The molecule has 5 aliphatic rings. The number of hydrogen-bond acceptors (Lipinski definition) is 4. The lowest BCUT2D eigenvalue weighted by molar-refractivity contribution is -0.126. The minimum absolute atomic E-state index is 0. The highest BCUT2D eigenvalue weighted by atomic mass is 35.5. The number of ether oxygens (including phenoxy) is 1. The molecule has 6 rings (SSSR count). The van der Waals surface area contributed by atoms with Gasteiger partial charge >= 0.3 is 0 Å². The third-order valence-corrected chi connectivity index (χ3v) is 7.29. The molecule has 1 aromatic carbocycles. The van der Waals surface area contributed by atoms with Gasteiger partial charge in [-0.25, -0.2) is 0 Å². The molecule has 0 spiro atoms. The molecule has 0 aromatic heterocycles. The summed E-state index contributed by atoms with van der Waals surface area (Å²) in [6.45, 7) is 0.480. The summed E-state index contributed by atoms with van der Waals surface area (Å²) in [7, 11) is 0. The highest BCUT2D eigenvalue weighted by molar-refractivity contribution is 5.97. The van der Waals surface area contributed by atoms with Gasteiger partial charge in [0, 0.05) is 12.1 Å². The smallest absolute Gasteiger partial charge is 0.253 e.